The molecule has 1 aromatic rings. The van der Waals surface area contributed by atoms with Crippen molar-refractivity contribution in [3.8, 4) is 5.75 Å². The van der Waals surface area contributed by atoms with Gasteiger partial charge in [0.1, 0.15) is 11.9 Å². The molecule has 0 saturated heterocycles. The average Bonchev–Trinajstić information content (AvgIpc) is 2.81. The molecule has 148 valence electrons. The normalized spacial score (nSPS) is 36.4. The van der Waals surface area contributed by atoms with Crippen LogP contribution < -0.4 is 0 Å². The lowest BCUT2D eigenvalue weighted by Crippen LogP contribution is -2.50. The fraction of sp³-hybridized carbons (Fsp3) is 0.591. The molecule has 0 bridgehead atoms. The average molecular weight is 374 g/mol. The molecule has 1 unspecified atom stereocenters. The van der Waals surface area contributed by atoms with Crippen LogP contribution in [0.5, 0.6) is 5.75 Å². The first kappa shape index (κ1) is 19.9. The van der Waals surface area contributed by atoms with Crippen LogP contribution in [0.25, 0.3) is 0 Å². The Hall–Kier alpha value is -1.85. The van der Waals surface area contributed by atoms with Gasteiger partial charge in [-0.2, -0.15) is 0 Å². The van der Waals surface area contributed by atoms with Gasteiger partial charge in [-0.1, -0.05) is 27.4 Å². The van der Waals surface area contributed by atoms with Gasteiger partial charge in [0.25, 0.3) is 0 Å². The van der Waals surface area contributed by atoms with E-state index in [2.05, 4.69) is 13.5 Å². The number of phenolic OH excluding ortho intramolecular Hbond substituents is 1. The Bertz CT molecular complexity index is 725. The number of benzene rings is 1. The summed E-state index contributed by atoms with van der Waals surface area (Å²) in [4.78, 5) is 12.7. The maximum absolute atomic E-state index is 12.7. The van der Waals surface area contributed by atoms with Gasteiger partial charge in [0.15, 0.2) is 0 Å². The van der Waals surface area contributed by atoms with Crippen LogP contribution in [0, 0.1) is 17.3 Å². The standard InChI is InChI=1S/C22H30O5/c1-13(2)22(26)10-9-21(4)12-17(24)14(3)11-18(19(21)22)27-20(25)15-5-7-16(23)8-6-15/h5-8,13,17-19,23-24,26H,3,9-12H2,1-2,4H3/t17-,18-,19?,21+,22+/m0/s1. The van der Waals surface area contributed by atoms with Crippen molar-refractivity contribution in [2.75, 3.05) is 0 Å². The van der Waals surface area contributed by atoms with E-state index in [9.17, 15) is 20.1 Å². The van der Waals surface area contributed by atoms with Gasteiger partial charge in [-0.15, -0.1) is 0 Å². The molecular weight excluding hydrogens is 344 g/mol. The van der Waals surface area contributed by atoms with Crippen molar-refractivity contribution in [3.05, 3.63) is 42.0 Å². The van der Waals surface area contributed by atoms with Gasteiger partial charge >= 0.3 is 5.97 Å². The number of aromatic hydroxyl groups is 1. The number of carbonyl (C=O) groups excluding carboxylic acids is 1. The largest absolute Gasteiger partial charge is 0.508 e. The summed E-state index contributed by atoms with van der Waals surface area (Å²) in [6.07, 6.45) is 1.02. The Balaban J connectivity index is 1.95. The van der Waals surface area contributed by atoms with Gasteiger partial charge in [-0.3, -0.25) is 0 Å². The molecule has 3 rings (SSSR count). The van der Waals surface area contributed by atoms with Gasteiger partial charge in [0.05, 0.1) is 17.3 Å². The summed E-state index contributed by atoms with van der Waals surface area (Å²) in [5.41, 5.74) is -0.312. The fourth-order valence-corrected chi connectivity index (χ4v) is 5.06. The summed E-state index contributed by atoms with van der Waals surface area (Å²) in [6, 6.07) is 5.91. The van der Waals surface area contributed by atoms with E-state index in [4.69, 9.17) is 4.74 Å². The van der Waals surface area contributed by atoms with Crippen LogP contribution in [-0.2, 0) is 4.74 Å². The minimum absolute atomic E-state index is 0.00251. The van der Waals surface area contributed by atoms with Crippen LogP contribution in [-0.4, -0.2) is 39.1 Å². The van der Waals surface area contributed by atoms with Crippen molar-refractivity contribution in [2.45, 2.75) is 64.3 Å². The summed E-state index contributed by atoms with van der Waals surface area (Å²) in [5.74, 6) is -0.692. The lowest BCUT2D eigenvalue weighted by molar-refractivity contribution is -0.113. The molecule has 0 heterocycles. The Morgan fingerprint density at radius 2 is 1.89 bits per heavy atom. The minimum atomic E-state index is -0.959. The quantitative estimate of drug-likeness (QED) is 0.557. The smallest absolute Gasteiger partial charge is 0.338 e. The third-order valence-corrected chi connectivity index (χ3v) is 6.71. The highest BCUT2D eigenvalue weighted by Crippen LogP contribution is 2.58. The van der Waals surface area contributed by atoms with Crippen molar-refractivity contribution in [3.63, 3.8) is 0 Å². The SMILES string of the molecule is C=C1C[C@H](OC(=O)c2ccc(O)cc2)C2[C@](C)(CC[C@@]2(O)C(C)C)C[C@@H]1O. The van der Waals surface area contributed by atoms with Crippen molar-refractivity contribution < 1.29 is 24.9 Å². The number of aliphatic hydroxyl groups is 2. The molecule has 5 atom stereocenters. The highest BCUT2D eigenvalue weighted by atomic mass is 16.5. The fourth-order valence-electron chi connectivity index (χ4n) is 5.06. The molecule has 1 aromatic carbocycles. The van der Waals surface area contributed by atoms with Crippen LogP contribution in [0.2, 0.25) is 0 Å². The summed E-state index contributed by atoms with van der Waals surface area (Å²) >= 11 is 0. The molecule has 27 heavy (non-hydrogen) atoms. The second-order valence-electron chi connectivity index (χ2n) is 8.85. The molecule has 2 aliphatic rings. The Morgan fingerprint density at radius 3 is 2.48 bits per heavy atom. The third kappa shape index (κ3) is 3.50. The van der Waals surface area contributed by atoms with Gasteiger partial charge in [0.2, 0.25) is 0 Å². The first-order valence-corrected chi connectivity index (χ1v) is 9.65. The summed E-state index contributed by atoms with van der Waals surface area (Å²) in [5, 5.41) is 31.4. The maximum Gasteiger partial charge on any atom is 0.338 e. The molecule has 0 amide bonds. The molecular formula is C22H30O5. The van der Waals surface area contributed by atoms with Crippen molar-refractivity contribution >= 4 is 5.97 Å². The molecule has 2 saturated carbocycles. The number of esters is 1. The molecule has 0 aromatic heterocycles. The van der Waals surface area contributed by atoms with E-state index in [1.54, 1.807) is 0 Å². The highest BCUT2D eigenvalue weighted by Gasteiger charge is 2.60. The lowest BCUT2D eigenvalue weighted by Gasteiger charge is -2.43. The molecule has 0 aliphatic heterocycles. The molecule has 2 aliphatic carbocycles. The molecule has 5 heteroatoms. The summed E-state index contributed by atoms with van der Waals surface area (Å²) < 4.78 is 5.89. The molecule has 0 spiro atoms. The number of phenols is 1. The topological polar surface area (TPSA) is 87.0 Å². The first-order chi connectivity index (χ1) is 12.6. The Kier molecular flexibility index (Phi) is 5.12. The van der Waals surface area contributed by atoms with E-state index in [0.29, 0.717) is 30.4 Å². The summed E-state index contributed by atoms with van der Waals surface area (Å²) in [7, 11) is 0. The Morgan fingerprint density at radius 1 is 1.26 bits per heavy atom. The molecule has 0 radical (unpaired) electrons. The van der Waals surface area contributed by atoms with E-state index in [1.807, 2.05) is 13.8 Å². The maximum atomic E-state index is 12.7. The third-order valence-electron chi connectivity index (χ3n) is 6.71. The number of hydrogen-bond donors (Lipinski definition) is 3. The second-order valence-corrected chi connectivity index (χ2v) is 8.85. The van der Waals surface area contributed by atoms with Crippen LogP contribution in [0.4, 0.5) is 0 Å². The molecule has 2 fully saturated rings. The molecule has 3 N–H and O–H groups in total. The summed E-state index contributed by atoms with van der Waals surface area (Å²) in [6.45, 7) is 10.0. The number of carbonyl (C=O) groups is 1. The number of hydrogen-bond acceptors (Lipinski definition) is 5. The van der Waals surface area contributed by atoms with Crippen molar-refractivity contribution in [2.24, 2.45) is 17.3 Å². The van der Waals surface area contributed by atoms with Crippen LogP contribution >= 0.6 is 0 Å². The minimum Gasteiger partial charge on any atom is -0.508 e. The van der Waals surface area contributed by atoms with Crippen LogP contribution in [0.1, 0.15) is 56.8 Å². The second kappa shape index (κ2) is 6.95. The zero-order chi connectivity index (χ0) is 20.0. The monoisotopic (exact) mass is 374 g/mol. The highest BCUT2D eigenvalue weighted by molar-refractivity contribution is 5.89. The number of fused-ring (bicyclic) bond motifs is 1. The van der Waals surface area contributed by atoms with Gasteiger partial charge in [0, 0.05) is 12.3 Å². The first-order valence-electron chi connectivity index (χ1n) is 9.65. The lowest BCUT2D eigenvalue weighted by atomic mass is 9.67. The van der Waals surface area contributed by atoms with Crippen LogP contribution in [0.15, 0.2) is 36.4 Å². The number of ether oxygens (including phenoxy) is 1. The predicted molar refractivity (Wildman–Crippen MR) is 102 cm³/mol. The van der Waals surface area contributed by atoms with E-state index in [-0.39, 0.29) is 23.0 Å². The van der Waals surface area contributed by atoms with E-state index < -0.39 is 23.8 Å². The zero-order valence-corrected chi connectivity index (χ0v) is 16.3. The van der Waals surface area contributed by atoms with Crippen molar-refractivity contribution in [1.82, 2.24) is 0 Å². The van der Waals surface area contributed by atoms with E-state index >= 15 is 0 Å². The van der Waals surface area contributed by atoms with Gasteiger partial charge in [-0.05, 0) is 60.4 Å². The predicted octanol–water partition coefficient (Wildman–Crippen LogP) is 3.43. The van der Waals surface area contributed by atoms with E-state index in [1.165, 1.54) is 24.3 Å². The van der Waals surface area contributed by atoms with Crippen molar-refractivity contribution in [1.29, 1.82) is 0 Å². The Labute approximate surface area is 160 Å². The van der Waals surface area contributed by atoms with E-state index in [0.717, 1.165) is 6.42 Å². The van der Waals surface area contributed by atoms with Crippen LogP contribution in [0.3, 0.4) is 0 Å². The number of aliphatic hydroxyl groups excluding tert-OH is 1. The van der Waals surface area contributed by atoms with Gasteiger partial charge in [-0.25, -0.2) is 4.79 Å². The van der Waals surface area contributed by atoms with Gasteiger partial charge < -0.3 is 20.1 Å². The number of rotatable bonds is 3. The zero-order valence-electron chi connectivity index (χ0n) is 16.3. The molecule has 5 nitrogen and oxygen atoms in total.